The van der Waals surface area contributed by atoms with Crippen molar-refractivity contribution in [1.82, 2.24) is 0 Å². The highest BCUT2D eigenvalue weighted by atomic mass is 14.8. The fraction of sp³-hybridized carbons (Fsp3) is 0.750. The molecule has 8 heavy (non-hydrogen) atoms. The van der Waals surface area contributed by atoms with Gasteiger partial charge in [0.2, 0.25) is 0 Å². The predicted octanol–water partition coefficient (Wildman–Crippen LogP) is 1.44. The molecule has 40 valence electrons. The third-order valence-corrected chi connectivity index (χ3v) is 3.76. The molecule has 3 fully saturated rings. The Morgan fingerprint density at radius 3 is 2.62 bits per heavy atom. The Bertz CT molecular complexity index is 214. The van der Waals surface area contributed by atoms with Gasteiger partial charge in [0.05, 0.1) is 0 Å². The lowest BCUT2D eigenvalue weighted by Crippen LogP contribution is -1.86. The molecule has 0 N–H and O–H groups in total. The van der Waals surface area contributed by atoms with Crippen LogP contribution in [-0.2, 0) is 0 Å². The summed E-state index contributed by atoms with van der Waals surface area (Å²) in [5, 5.41) is 0. The fourth-order valence-corrected chi connectivity index (χ4v) is 3.37. The zero-order valence-electron chi connectivity index (χ0n) is 4.67. The van der Waals surface area contributed by atoms with Crippen molar-refractivity contribution in [2.75, 3.05) is 0 Å². The minimum atomic E-state index is 1.11. The van der Waals surface area contributed by atoms with Gasteiger partial charge in [-0.25, -0.2) is 0 Å². The quantitative estimate of drug-likeness (QED) is 0.408. The zero-order valence-corrected chi connectivity index (χ0v) is 4.67. The number of fused-ring (bicyclic) bond motifs is 2. The number of hydrogen-bond acceptors (Lipinski definition) is 0. The first-order valence-electron chi connectivity index (χ1n) is 3.68. The van der Waals surface area contributed by atoms with Crippen LogP contribution in [0.5, 0.6) is 0 Å². The molecule has 0 radical (unpaired) electrons. The average Bonchev–Trinajstić information content (AvgIpc) is 2.56. The largest absolute Gasteiger partial charge is 0.0810 e. The molecule has 0 heterocycles. The summed E-state index contributed by atoms with van der Waals surface area (Å²) in [6.07, 6.45) is 4.17. The first-order valence-corrected chi connectivity index (χ1v) is 3.68. The standard InChI is InChI=1S/C8H8/c1-3-5-2-6-4(1)8(6)7(3)5/h1,3,5-8H,2H2. The normalized spacial score (nSPS) is 77.0. The number of hydrogen-bond donors (Lipinski definition) is 0. The van der Waals surface area contributed by atoms with E-state index in [1.807, 2.05) is 5.57 Å². The van der Waals surface area contributed by atoms with E-state index in [4.69, 9.17) is 0 Å². The van der Waals surface area contributed by atoms with Crippen LogP contribution >= 0.6 is 0 Å². The maximum absolute atomic E-state index is 2.58. The van der Waals surface area contributed by atoms with Crippen molar-refractivity contribution in [3.63, 3.8) is 0 Å². The van der Waals surface area contributed by atoms with Crippen molar-refractivity contribution < 1.29 is 0 Å². The van der Waals surface area contributed by atoms with Gasteiger partial charge in [0.1, 0.15) is 0 Å². The van der Waals surface area contributed by atoms with Crippen LogP contribution in [0.25, 0.3) is 0 Å². The molecule has 4 aliphatic carbocycles. The Morgan fingerprint density at radius 1 is 1.50 bits per heavy atom. The van der Waals surface area contributed by atoms with E-state index in [9.17, 15) is 0 Å². The summed E-state index contributed by atoms with van der Waals surface area (Å²) >= 11 is 0. The summed E-state index contributed by atoms with van der Waals surface area (Å²) in [6, 6.07) is 0. The summed E-state index contributed by atoms with van der Waals surface area (Å²) in [4.78, 5) is 0. The van der Waals surface area contributed by atoms with Gasteiger partial charge in [-0.1, -0.05) is 11.6 Å². The van der Waals surface area contributed by atoms with Crippen LogP contribution in [0.3, 0.4) is 0 Å². The zero-order chi connectivity index (χ0) is 4.88. The molecule has 0 amide bonds. The highest BCUT2D eigenvalue weighted by molar-refractivity contribution is 5.48. The van der Waals surface area contributed by atoms with E-state index in [1.165, 1.54) is 11.8 Å². The van der Waals surface area contributed by atoms with Crippen LogP contribution < -0.4 is 0 Å². The van der Waals surface area contributed by atoms with Gasteiger partial charge in [-0.3, -0.25) is 0 Å². The Morgan fingerprint density at radius 2 is 2.50 bits per heavy atom. The van der Waals surface area contributed by atoms with Crippen LogP contribution in [0.15, 0.2) is 11.6 Å². The Kier molecular flexibility index (Phi) is 0.217. The van der Waals surface area contributed by atoms with E-state index >= 15 is 0 Å². The molecule has 5 unspecified atom stereocenters. The van der Waals surface area contributed by atoms with Crippen LogP contribution in [0.1, 0.15) is 6.42 Å². The second-order valence-corrected chi connectivity index (χ2v) is 3.85. The highest BCUT2D eigenvalue weighted by Gasteiger charge is 2.74. The highest BCUT2D eigenvalue weighted by Crippen LogP contribution is 2.81. The minimum absolute atomic E-state index is 1.11. The van der Waals surface area contributed by atoms with E-state index in [-0.39, 0.29) is 0 Å². The molecule has 0 aromatic carbocycles. The van der Waals surface area contributed by atoms with Gasteiger partial charge in [-0.2, -0.15) is 0 Å². The molecule has 0 heteroatoms. The third-order valence-electron chi connectivity index (χ3n) is 3.76. The van der Waals surface area contributed by atoms with E-state index in [2.05, 4.69) is 6.08 Å². The molecule has 0 aromatic heterocycles. The van der Waals surface area contributed by atoms with Crippen molar-refractivity contribution in [3.8, 4) is 0 Å². The second-order valence-electron chi connectivity index (χ2n) is 3.85. The van der Waals surface area contributed by atoms with Crippen LogP contribution in [0, 0.1) is 29.6 Å². The molecule has 0 aromatic rings. The van der Waals surface area contributed by atoms with Crippen molar-refractivity contribution in [3.05, 3.63) is 11.6 Å². The molecule has 0 nitrogen and oxygen atoms in total. The first kappa shape index (κ1) is 3.05. The van der Waals surface area contributed by atoms with E-state index in [0.29, 0.717) is 0 Å². The molecule has 0 aliphatic heterocycles. The lowest BCUT2D eigenvalue weighted by Gasteiger charge is -1.96. The first-order chi connectivity index (χ1) is 3.97. The van der Waals surface area contributed by atoms with Gasteiger partial charge in [-0.15, -0.1) is 0 Å². The second kappa shape index (κ2) is 0.570. The van der Waals surface area contributed by atoms with Crippen molar-refractivity contribution >= 4 is 0 Å². The topological polar surface area (TPSA) is 0 Å². The summed E-state index contributed by atoms with van der Waals surface area (Å²) < 4.78 is 0. The van der Waals surface area contributed by atoms with Gasteiger partial charge < -0.3 is 0 Å². The van der Waals surface area contributed by atoms with Crippen molar-refractivity contribution in [2.45, 2.75) is 6.42 Å². The monoisotopic (exact) mass is 104 g/mol. The number of rotatable bonds is 0. The van der Waals surface area contributed by atoms with E-state index in [1.54, 1.807) is 6.42 Å². The molecule has 3 saturated carbocycles. The Hall–Kier alpha value is -0.260. The van der Waals surface area contributed by atoms with Crippen LogP contribution in [0.2, 0.25) is 0 Å². The average molecular weight is 104 g/mol. The third kappa shape index (κ3) is 0.128. The van der Waals surface area contributed by atoms with Crippen molar-refractivity contribution in [2.24, 2.45) is 29.6 Å². The Balaban J connectivity index is 2.19. The molecule has 4 rings (SSSR count). The predicted molar refractivity (Wildman–Crippen MR) is 30.1 cm³/mol. The van der Waals surface area contributed by atoms with Crippen LogP contribution in [-0.4, -0.2) is 0 Å². The van der Waals surface area contributed by atoms with Gasteiger partial charge >= 0.3 is 0 Å². The van der Waals surface area contributed by atoms with Gasteiger partial charge in [-0.05, 0) is 36.0 Å². The molecule has 0 spiro atoms. The summed E-state index contributed by atoms with van der Waals surface area (Å²) in [5.74, 6) is 5.80. The summed E-state index contributed by atoms with van der Waals surface area (Å²) in [6.45, 7) is 0. The Labute approximate surface area is 48.6 Å². The van der Waals surface area contributed by atoms with Crippen molar-refractivity contribution in [1.29, 1.82) is 0 Å². The molecule has 0 bridgehead atoms. The molecule has 0 saturated heterocycles. The summed E-state index contributed by atoms with van der Waals surface area (Å²) in [5.41, 5.74) is 1.86. The maximum Gasteiger partial charge on any atom is -0.00973 e. The SMILES string of the molecule is C1=C2C3CC4C1C4C23. The van der Waals surface area contributed by atoms with Gasteiger partial charge in [0.15, 0.2) is 0 Å². The minimum Gasteiger partial charge on any atom is -0.0810 e. The summed E-state index contributed by atoms with van der Waals surface area (Å²) in [7, 11) is 0. The number of allylic oxidation sites excluding steroid dienone is 2. The smallest absolute Gasteiger partial charge is 0.00973 e. The molecule has 4 aliphatic rings. The van der Waals surface area contributed by atoms with Gasteiger partial charge in [0, 0.05) is 0 Å². The maximum atomic E-state index is 2.58. The van der Waals surface area contributed by atoms with Crippen LogP contribution in [0.4, 0.5) is 0 Å². The molecular weight excluding hydrogens is 96.1 g/mol. The van der Waals surface area contributed by atoms with Gasteiger partial charge in [0.25, 0.3) is 0 Å². The molecular formula is C8H8. The molecule has 5 atom stereocenters. The van der Waals surface area contributed by atoms with E-state index in [0.717, 1.165) is 17.8 Å². The lowest BCUT2D eigenvalue weighted by atomic mass is 10.1. The lowest BCUT2D eigenvalue weighted by molar-refractivity contribution is 0.629. The fourth-order valence-electron chi connectivity index (χ4n) is 3.37. The van der Waals surface area contributed by atoms with E-state index < -0.39 is 0 Å².